The molecular weight excluding hydrogens is 385 g/mol. The average Bonchev–Trinajstić information content (AvgIpc) is 2.68. The Morgan fingerprint density at radius 1 is 1.19 bits per heavy atom. The molecule has 1 atom stereocenters. The van der Waals surface area contributed by atoms with Gasteiger partial charge in [-0.3, -0.25) is 9.69 Å². The van der Waals surface area contributed by atoms with Crippen molar-refractivity contribution < 1.29 is 9.53 Å². The lowest BCUT2D eigenvalue weighted by Gasteiger charge is -2.31. The fourth-order valence-corrected chi connectivity index (χ4v) is 3.84. The molecule has 1 heterocycles. The van der Waals surface area contributed by atoms with Crippen LogP contribution in [0.2, 0.25) is 0 Å². The maximum Gasteiger partial charge on any atom is 0.239 e. The molecule has 27 heavy (non-hydrogen) atoms. The van der Waals surface area contributed by atoms with Crippen molar-refractivity contribution in [3.63, 3.8) is 0 Å². The van der Waals surface area contributed by atoms with Gasteiger partial charge in [-0.05, 0) is 31.0 Å². The van der Waals surface area contributed by atoms with E-state index < -0.39 is 0 Å². The van der Waals surface area contributed by atoms with Crippen LogP contribution in [0, 0.1) is 0 Å². The molecule has 2 fully saturated rings. The smallest absolute Gasteiger partial charge is 0.239 e. The molecule has 0 bridgehead atoms. The highest BCUT2D eigenvalue weighted by molar-refractivity contribution is 5.85. The van der Waals surface area contributed by atoms with Gasteiger partial charge < -0.3 is 15.4 Å². The van der Waals surface area contributed by atoms with Crippen molar-refractivity contribution >= 4 is 30.7 Å². The Hall–Kier alpha value is -0.850. The van der Waals surface area contributed by atoms with Crippen molar-refractivity contribution in [2.45, 2.75) is 57.3 Å². The predicted molar refractivity (Wildman–Crippen MR) is 114 cm³/mol. The van der Waals surface area contributed by atoms with Crippen molar-refractivity contribution in [3.05, 3.63) is 35.4 Å². The predicted octanol–water partition coefficient (Wildman–Crippen LogP) is 2.90. The first-order valence-electron chi connectivity index (χ1n) is 9.60. The van der Waals surface area contributed by atoms with Gasteiger partial charge in [0.05, 0.1) is 13.2 Å². The number of hydrogen-bond acceptors (Lipinski definition) is 4. The quantitative estimate of drug-likeness (QED) is 0.746. The molecule has 154 valence electrons. The average molecular weight is 418 g/mol. The normalized spacial score (nSPS) is 20.4. The Morgan fingerprint density at radius 2 is 1.89 bits per heavy atom. The van der Waals surface area contributed by atoms with Gasteiger partial charge in [0.15, 0.2) is 0 Å². The molecule has 1 aromatic carbocycles. The van der Waals surface area contributed by atoms with E-state index in [1.54, 1.807) is 0 Å². The molecule has 1 aliphatic carbocycles. The van der Waals surface area contributed by atoms with Crippen LogP contribution in [-0.2, 0) is 22.6 Å². The van der Waals surface area contributed by atoms with Crippen molar-refractivity contribution in [2.75, 3.05) is 26.8 Å². The number of halogens is 2. The minimum absolute atomic E-state index is 0. The summed E-state index contributed by atoms with van der Waals surface area (Å²) < 4.78 is 5.37. The summed E-state index contributed by atoms with van der Waals surface area (Å²) >= 11 is 0. The van der Waals surface area contributed by atoms with Crippen LogP contribution in [0.5, 0.6) is 0 Å². The zero-order valence-corrected chi connectivity index (χ0v) is 17.7. The molecule has 1 amide bonds. The van der Waals surface area contributed by atoms with E-state index in [2.05, 4.69) is 40.8 Å². The van der Waals surface area contributed by atoms with E-state index in [1.807, 2.05) is 6.07 Å². The van der Waals surface area contributed by atoms with Crippen molar-refractivity contribution in [1.29, 1.82) is 0 Å². The zero-order valence-electron chi connectivity index (χ0n) is 16.1. The number of rotatable bonds is 6. The second kappa shape index (κ2) is 12.6. The Kier molecular flexibility index (Phi) is 11.3. The molecule has 2 N–H and O–H groups in total. The number of nitrogens with one attached hydrogen (secondary N) is 2. The largest absolute Gasteiger partial charge is 0.378 e. The highest BCUT2D eigenvalue weighted by Crippen LogP contribution is 2.23. The molecule has 1 aliphatic heterocycles. The summed E-state index contributed by atoms with van der Waals surface area (Å²) in [5, 5.41) is 6.26. The Balaban J connectivity index is 0.00000182. The Bertz CT molecular complexity index is 562. The summed E-state index contributed by atoms with van der Waals surface area (Å²) in [6.07, 6.45) is 6.70. The minimum atomic E-state index is -0.231. The fraction of sp³-hybridized carbons (Fsp3) is 0.650. The third kappa shape index (κ3) is 7.24. The van der Waals surface area contributed by atoms with Crippen LogP contribution in [-0.4, -0.2) is 49.7 Å². The van der Waals surface area contributed by atoms with Crippen LogP contribution in [0.25, 0.3) is 0 Å². The van der Waals surface area contributed by atoms with Crippen LogP contribution in [0.4, 0.5) is 0 Å². The van der Waals surface area contributed by atoms with Crippen molar-refractivity contribution in [1.82, 2.24) is 15.5 Å². The van der Waals surface area contributed by atoms with E-state index >= 15 is 0 Å². The van der Waals surface area contributed by atoms with E-state index in [0.29, 0.717) is 25.8 Å². The number of nitrogens with zero attached hydrogens (tertiary/aromatic N) is 1. The molecule has 0 radical (unpaired) electrons. The minimum Gasteiger partial charge on any atom is -0.378 e. The SMILES string of the molecule is CN(Cc1ccccc1CNC(=O)C1COCCN1)C1CCCCC1.Cl.Cl. The summed E-state index contributed by atoms with van der Waals surface area (Å²) in [6.45, 7) is 3.39. The highest BCUT2D eigenvalue weighted by Gasteiger charge is 2.22. The number of ether oxygens (including phenoxy) is 1. The number of carbonyl (C=O) groups excluding carboxylic acids is 1. The van der Waals surface area contributed by atoms with Gasteiger partial charge in [-0.1, -0.05) is 43.5 Å². The van der Waals surface area contributed by atoms with Gasteiger partial charge in [-0.2, -0.15) is 0 Å². The lowest BCUT2D eigenvalue weighted by atomic mass is 9.94. The van der Waals surface area contributed by atoms with E-state index in [1.165, 1.54) is 43.2 Å². The van der Waals surface area contributed by atoms with Crippen LogP contribution in [0.3, 0.4) is 0 Å². The third-order valence-corrected chi connectivity index (χ3v) is 5.43. The second-order valence-electron chi connectivity index (χ2n) is 7.28. The molecule has 7 heteroatoms. The molecule has 3 rings (SSSR count). The first-order valence-corrected chi connectivity index (χ1v) is 9.60. The van der Waals surface area contributed by atoms with Crippen molar-refractivity contribution in [3.8, 4) is 0 Å². The van der Waals surface area contributed by atoms with Gasteiger partial charge in [-0.15, -0.1) is 24.8 Å². The Morgan fingerprint density at radius 3 is 2.56 bits per heavy atom. The lowest BCUT2D eigenvalue weighted by molar-refractivity contribution is -0.126. The summed E-state index contributed by atoms with van der Waals surface area (Å²) in [7, 11) is 2.23. The molecule has 2 aliphatic rings. The molecule has 5 nitrogen and oxygen atoms in total. The molecule has 1 aromatic rings. The van der Waals surface area contributed by atoms with Crippen LogP contribution < -0.4 is 10.6 Å². The number of morpholine rings is 1. The molecule has 1 saturated heterocycles. The van der Waals surface area contributed by atoms with Crippen LogP contribution in [0.15, 0.2) is 24.3 Å². The van der Waals surface area contributed by atoms with Gasteiger partial charge in [0.2, 0.25) is 5.91 Å². The monoisotopic (exact) mass is 417 g/mol. The molecule has 1 unspecified atom stereocenters. The first-order chi connectivity index (χ1) is 12.2. The van der Waals surface area contributed by atoms with Gasteiger partial charge in [-0.25, -0.2) is 0 Å². The number of carbonyl (C=O) groups is 1. The highest BCUT2D eigenvalue weighted by atomic mass is 35.5. The third-order valence-electron chi connectivity index (χ3n) is 5.43. The first kappa shape index (κ1) is 24.2. The Labute approximate surface area is 175 Å². The summed E-state index contributed by atoms with van der Waals surface area (Å²) in [4.78, 5) is 14.8. The van der Waals surface area contributed by atoms with Crippen molar-refractivity contribution in [2.24, 2.45) is 0 Å². The number of amides is 1. The van der Waals surface area contributed by atoms with Gasteiger partial charge >= 0.3 is 0 Å². The lowest BCUT2D eigenvalue weighted by Crippen LogP contribution is -2.51. The second-order valence-corrected chi connectivity index (χ2v) is 7.28. The van der Waals surface area contributed by atoms with Crippen LogP contribution in [0.1, 0.15) is 43.2 Å². The van der Waals surface area contributed by atoms with Gasteiger partial charge in [0.25, 0.3) is 0 Å². The maximum atomic E-state index is 12.3. The van der Waals surface area contributed by atoms with E-state index in [4.69, 9.17) is 4.74 Å². The molecule has 0 aromatic heterocycles. The molecular formula is C20H33Cl2N3O2. The topological polar surface area (TPSA) is 53.6 Å². The number of benzene rings is 1. The maximum absolute atomic E-state index is 12.3. The zero-order chi connectivity index (χ0) is 17.5. The summed E-state index contributed by atoms with van der Waals surface area (Å²) in [5.74, 6) is 0.0233. The fourth-order valence-electron chi connectivity index (χ4n) is 3.84. The standard InChI is InChI=1S/C20H31N3O2.2ClH/c1-23(18-9-3-2-4-10-18)14-17-8-6-5-7-16(17)13-22-20(24)19-15-25-12-11-21-19;;/h5-8,18-19,21H,2-4,9-15H2,1H3,(H,22,24);2*1H. The summed E-state index contributed by atoms with van der Waals surface area (Å²) in [5.41, 5.74) is 2.51. The van der Waals surface area contributed by atoms with E-state index in [9.17, 15) is 4.79 Å². The number of hydrogen-bond donors (Lipinski definition) is 2. The van der Waals surface area contributed by atoms with Gasteiger partial charge in [0.1, 0.15) is 6.04 Å². The summed E-state index contributed by atoms with van der Waals surface area (Å²) in [6, 6.07) is 8.91. The van der Waals surface area contributed by atoms with Crippen LogP contribution >= 0.6 is 24.8 Å². The van der Waals surface area contributed by atoms with E-state index in [0.717, 1.165) is 13.1 Å². The molecule has 0 spiro atoms. The van der Waals surface area contributed by atoms with Gasteiger partial charge in [0, 0.05) is 25.7 Å². The van der Waals surface area contributed by atoms with E-state index in [-0.39, 0.29) is 36.8 Å². The molecule has 1 saturated carbocycles.